The summed E-state index contributed by atoms with van der Waals surface area (Å²) in [6, 6.07) is 1.99. The van der Waals surface area contributed by atoms with Gasteiger partial charge in [-0.3, -0.25) is 4.90 Å². The normalized spacial score (nSPS) is 48.0. The third kappa shape index (κ3) is 0.789. The summed E-state index contributed by atoms with van der Waals surface area (Å²) in [5.74, 6) is 0. The average molecular weight is 140 g/mol. The summed E-state index contributed by atoms with van der Waals surface area (Å²) in [5.41, 5.74) is 5.97. The van der Waals surface area contributed by atoms with Crippen molar-refractivity contribution in [3.05, 3.63) is 0 Å². The van der Waals surface area contributed by atoms with Gasteiger partial charge in [-0.05, 0) is 26.3 Å². The fourth-order valence-corrected chi connectivity index (χ4v) is 2.51. The molecule has 2 rings (SSSR count). The number of piperidine rings is 1. The molecule has 0 aromatic rings. The largest absolute Gasteiger partial charge is 0.326 e. The zero-order chi connectivity index (χ0) is 7.14. The summed E-state index contributed by atoms with van der Waals surface area (Å²) in [7, 11) is 2.22. The van der Waals surface area contributed by atoms with Gasteiger partial charge in [0.05, 0.1) is 0 Å². The highest BCUT2D eigenvalue weighted by molar-refractivity contribution is 4.97. The van der Waals surface area contributed by atoms with E-state index in [1.807, 2.05) is 0 Å². The quantitative estimate of drug-likeness (QED) is 0.533. The Balaban J connectivity index is 2.14. The highest BCUT2D eigenvalue weighted by Crippen LogP contribution is 2.32. The maximum absolute atomic E-state index is 5.97. The van der Waals surface area contributed by atoms with E-state index in [1.54, 1.807) is 0 Å². The molecule has 10 heavy (non-hydrogen) atoms. The highest BCUT2D eigenvalue weighted by Gasteiger charge is 2.39. The molecule has 0 amide bonds. The Kier molecular flexibility index (Phi) is 1.46. The molecule has 0 spiro atoms. The van der Waals surface area contributed by atoms with Crippen LogP contribution in [0.3, 0.4) is 0 Å². The topological polar surface area (TPSA) is 29.3 Å². The second-order valence-electron chi connectivity index (χ2n) is 3.72. The summed E-state index contributed by atoms with van der Waals surface area (Å²) >= 11 is 0. The first kappa shape index (κ1) is 6.62. The van der Waals surface area contributed by atoms with Gasteiger partial charge in [-0.1, -0.05) is 6.42 Å². The molecular formula is C8H16N2. The van der Waals surface area contributed by atoms with Crippen LogP contribution in [0.15, 0.2) is 0 Å². The number of rotatable bonds is 0. The van der Waals surface area contributed by atoms with Crippen LogP contribution in [0.25, 0.3) is 0 Å². The van der Waals surface area contributed by atoms with Crippen LogP contribution in [-0.4, -0.2) is 30.1 Å². The van der Waals surface area contributed by atoms with Gasteiger partial charge in [0.15, 0.2) is 0 Å². The minimum Gasteiger partial charge on any atom is -0.326 e. The van der Waals surface area contributed by atoms with E-state index in [0.717, 1.165) is 6.04 Å². The van der Waals surface area contributed by atoms with Crippen LogP contribution in [0.2, 0.25) is 0 Å². The average Bonchev–Trinajstić information content (AvgIpc) is 2.16. The third-order valence-corrected chi connectivity index (χ3v) is 3.17. The van der Waals surface area contributed by atoms with Crippen molar-refractivity contribution in [1.82, 2.24) is 4.90 Å². The lowest BCUT2D eigenvalue weighted by molar-refractivity contribution is 0.174. The molecule has 2 saturated heterocycles. The molecule has 2 bridgehead atoms. The van der Waals surface area contributed by atoms with Gasteiger partial charge < -0.3 is 5.73 Å². The lowest BCUT2D eigenvalue weighted by Crippen LogP contribution is -2.41. The second-order valence-corrected chi connectivity index (χ2v) is 3.72. The summed E-state index contributed by atoms with van der Waals surface area (Å²) in [6.07, 6.45) is 5.34. The number of nitrogens with zero attached hydrogens (tertiary/aromatic N) is 1. The molecule has 2 aliphatic heterocycles. The molecule has 0 radical (unpaired) electrons. The standard InChI is InChI=1S/C8H16N2/c1-10-6-3-2-4-8(10)7(9)5-6/h6-8H,2-5,9H2,1H3/t6-,7?,8+/m1/s1. The van der Waals surface area contributed by atoms with E-state index in [9.17, 15) is 0 Å². The van der Waals surface area contributed by atoms with E-state index in [0.29, 0.717) is 12.1 Å². The minimum atomic E-state index is 0.470. The zero-order valence-electron chi connectivity index (χ0n) is 6.59. The predicted octanol–water partition coefficient (Wildman–Crippen LogP) is 0.570. The Morgan fingerprint density at radius 3 is 2.80 bits per heavy atom. The monoisotopic (exact) mass is 140 g/mol. The number of nitrogens with two attached hydrogens (primary N) is 1. The van der Waals surface area contributed by atoms with Crippen LogP contribution >= 0.6 is 0 Å². The fourth-order valence-electron chi connectivity index (χ4n) is 2.51. The van der Waals surface area contributed by atoms with Gasteiger partial charge >= 0.3 is 0 Å². The molecule has 1 unspecified atom stereocenters. The first-order valence-corrected chi connectivity index (χ1v) is 4.26. The first-order chi connectivity index (χ1) is 4.79. The fraction of sp³-hybridized carbons (Fsp3) is 1.00. The summed E-state index contributed by atoms with van der Waals surface area (Å²) in [4.78, 5) is 2.48. The second kappa shape index (κ2) is 2.21. The summed E-state index contributed by atoms with van der Waals surface area (Å²) in [6.45, 7) is 0. The van der Waals surface area contributed by atoms with E-state index in [2.05, 4.69) is 11.9 Å². The van der Waals surface area contributed by atoms with E-state index in [-0.39, 0.29) is 0 Å². The third-order valence-electron chi connectivity index (χ3n) is 3.17. The number of hydrogen-bond acceptors (Lipinski definition) is 2. The van der Waals surface area contributed by atoms with Gasteiger partial charge in [-0.15, -0.1) is 0 Å². The van der Waals surface area contributed by atoms with Crippen LogP contribution in [-0.2, 0) is 0 Å². The molecule has 58 valence electrons. The SMILES string of the molecule is CN1[C@@H]2CCC[C@H]1C(N)C2. The van der Waals surface area contributed by atoms with Gasteiger partial charge in [-0.25, -0.2) is 0 Å². The molecule has 2 heteroatoms. The van der Waals surface area contributed by atoms with Crippen molar-refractivity contribution >= 4 is 0 Å². The van der Waals surface area contributed by atoms with E-state index >= 15 is 0 Å². The van der Waals surface area contributed by atoms with Gasteiger partial charge in [0.25, 0.3) is 0 Å². The molecule has 2 N–H and O–H groups in total. The van der Waals surface area contributed by atoms with Crippen molar-refractivity contribution in [1.29, 1.82) is 0 Å². The van der Waals surface area contributed by atoms with Crippen molar-refractivity contribution < 1.29 is 0 Å². The summed E-state index contributed by atoms with van der Waals surface area (Å²) < 4.78 is 0. The maximum atomic E-state index is 5.97. The van der Waals surface area contributed by atoms with E-state index < -0.39 is 0 Å². The van der Waals surface area contributed by atoms with E-state index in [1.165, 1.54) is 25.7 Å². The minimum absolute atomic E-state index is 0.470. The molecule has 0 aliphatic carbocycles. The van der Waals surface area contributed by atoms with Crippen molar-refractivity contribution in [2.75, 3.05) is 7.05 Å². The van der Waals surface area contributed by atoms with Crippen LogP contribution < -0.4 is 5.73 Å². The van der Waals surface area contributed by atoms with Crippen LogP contribution in [0.4, 0.5) is 0 Å². The molecule has 2 nitrogen and oxygen atoms in total. The number of likely N-dealkylation sites (N-methyl/N-ethyl adjacent to an activating group) is 1. The number of hydrogen-bond donors (Lipinski definition) is 1. The van der Waals surface area contributed by atoms with Crippen LogP contribution in [0.5, 0.6) is 0 Å². The van der Waals surface area contributed by atoms with Gasteiger partial charge in [0, 0.05) is 18.1 Å². The van der Waals surface area contributed by atoms with Crippen LogP contribution in [0.1, 0.15) is 25.7 Å². The van der Waals surface area contributed by atoms with Gasteiger partial charge in [0.2, 0.25) is 0 Å². The summed E-state index contributed by atoms with van der Waals surface area (Å²) in [5, 5.41) is 0. The van der Waals surface area contributed by atoms with Crippen molar-refractivity contribution in [2.45, 2.75) is 43.8 Å². The Morgan fingerprint density at radius 2 is 2.20 bits per heavy atom. The smallest absolute Gasteiger partial charge is 0.0247 e. The highest BCUT2D eigenvalue weighted by atomic mass is 15.2. The Hall–Kier alpha value is -0.0800. The molecule has 0 saturated carbocycles. The molecule has 0 aromatic carbocycles. The van der Waals surface area contributed by atoms with Crippen molar-refractivity contribution in [3.8, 4) is 0 Å². The van der Waals surface area contributed by atoms with Crippen molar-refractivity contribution in [3.63, 3.8) is 0 Å². The Labute approximate surface area is 62.4 Å². The van der Waals surface area contributed by atoms with E-state index in [4.69, 9.17) is 5.73 Å². The first-order valence-electron chi connectivity index (χ1n) is 4.26. The lowest BCUT2D eigenvalue weighted by Gasteiger charge is -2.31. The molecule has 2 aliphatic rings. The Morgan fingerprint density at radius 1 is 1.40 bits per heavy atom. The van der Waals surface area contributed by atoms with Crippen molar-refractivity contribution in [2.24, 2.45) is 5.73 Å². The molecular weight excluding hydrogens is 124 g/mol. The number of fused-ring (bicyclic) bond motifs is 2. The maximum Gasteiger partial charge on any atom is 0.0247 e. The van der Waals surface area contributed by atoms with Gasteiger partial charge in [0.1, 0.15) is 0 Å². The van der Waals surface area contributed by atoms with Gasteiger partial charge in [-0.2, -0.15) is 0 Å². The van der Waals surface area contributed by atoms with Crippen LogP contribution in [0, 0.1) is 0 Å². The molecule has 2 heterocycles. The lowest BCUT2D eigenvalue weighted by atomic mass is 10.0. The zero-order valence-corrected chi connectivity index (χ0v) is 6.59. The molecule has 3 atom stereocenters. The molecule has 0 aromatic heterocycles. The predicted molar refractivity (Wildman–Crippen MR) is 41.8 cm³/mol. The Bertz CT molecular complexity index is 135. The molecule has 2 fully saturated rings.